The lowest BCUT2D eigenvalue weighted by molar-refractivity contribution is -0.123. The minimum absolute atomic E-state index is 0.0113. The number of nitrogens with two attached hydrogens (primary N) is 1. The van der Waals surface area contributed by atoms with Gasteiger partial charge in [0.25, 0.3) is 0 Å². The van der Waals surface area contributed by atoms with Gasteiger partial charge in [0, 0.05) is 11.4 Å². The molecule has 20 heavy (non-hydrogen) atoms. The summed E-state index contributed by atoms with van der Waals surface area (Å²) < 4.78 is 0. The van der Waals surface area contributed by atoms with E-state index in [1.165, 1.54) is 0 Å². The van der Waals surface area contributed by atoms with E-state index in [4.69, 9.17) is 5.84 Å². The molecule has 5 N–H and O–H groups in total. The number of carbonyl (C=O) groups excluding carboxylic acids is 1. The fourth-order valence-corrected chi connectivity index (χ4v) is 3.17. The number of amides is 1. The maximum atomic E-state index is 11.8. The summed E-state index contributed by atoms with van der Waals surface area (Å²) >= 11 is 1.57. The summed E-state index contributed by atoms with van der Waals surface area (Å²) in [5.41, 5.74) is 2.46. The quantitative estimate of drug-likeness (QED) is 0.496. The van der Waals surface area contributed by atoms with E-state index in [-0.39, 0.29) is 11.9 Å². The Morgan fingerprint density at radius 2 is 2.35 bits per heavy atom. The Kier molecular flexibility index (Phi) is 3.41. The Balaban J connectivity index is 1.98. The van der Waals surface area contributed by atoms with Crippen molar-refractivity contribution in [2.45, 2.75) is 25.8 Å². The first-order chi connectivity index (χ1) is 9.67. The number of aryl methyl sites for hydroxylation is 1. The first kappa shape index (κ1) is 13.1. The van der Waals surface area contributed by atoms with E-state index in [1.54, 1.807) is 11.3 Å². The van der Waals surface area contributed by atoms with Crippen molar-refractivity contribution < 1.29 is 4.79 Å². The number of nitrogen functional groups attached to an aromatic ring is 1. The van der Waals surface area contributed by atoms with Crippen LogP contribution in [0.3, 0.4) is 0 Å². The van der Waals surface area contributed by atoms with Crippen LogP contribution in [0.5, 0.6) is 0 Å². The molecule has 0 saturated carbocycles. The lowest BCUT2D eigenvalue weighted by Crippen LogP contribution is -2.44. The molecule has 7 nitrogen and oxygen atoms in total. The molecule has 106 valence electrons. The summed E-state index contributed by atoms with van der Waals surface area (Å²) in [7, 11) is 0. The van der Waals surface area contributed by atoms with Crippen LogP contribution in [0, 0.1) is 6.92 Å². The van der Waals surface area contributed by atoms with Crippen LogP contribution in [-0.4, -0.2) is 28.5 Å². The van der Waals surface area contributed by atoms with Gasteiger partial charge in [-0.05, 0) is 25.8 Å². The summed E-state index contributed by atoms with van der Waals surface area (Å²) in [5.74, 6) is 6.40. The van der Waals surface area contributed by atoms with Crippen molar-refractivity contribution in [2.24, 2.45) is 5.84 Å². The minimum atomic E-state index is -0.257. The smallest absolute Gasteiger partial charge is 0.242 e. The van der Waals surface area contributed by atoms with Gasteiger partial charge < -0.3 is 10.6 Å². The Labute approximate surface area is 119 Å². The van der Waals surface area contributed by atoms with Gasteiger partial charge in [-0.25, -0.2) is 10.8 Å². The van der Waals surface area contributed by atoms with Crippen molar-refractivity contribution in [3.8, 4) is 0 Å². The number of nitrogens with one attached hydrogen (secondary N) is 3. The van der Waals surface area contributed by atoms with E-state index in [0.717, 1.165) is 34.5 Å². The van der Waals surface area contributed by atoms with Gasteiger partial charge >= 0.3 is 0 Å². The third kappa shape index (κ3) is 2.39. The van der Waals surface area contributed by atoms with Crippen molar-refractivity contribution in [3.05, 3.63) is 10.9 Å². The molecular weight excluding hydrogens is 276 g/mol. The van der Waals surface area contributed by atoms with Gasteiger partial charge in [0.05, 0.1) is 5.39 Å². The van der Waals surface area contributed by atoms with E-state index >= 15 is 0 Å². The van der Waals surface area contributed by atoms with Crippen LogP contribution in [0.25, 0.3) is 10.2 Å². The number of hydrazine groups is 1. The number of thiophene rings is 1. The maximum absolute atomic E-state index is 11.8. The molecule has 3 heterocycles. The number of aromatic nitrogens is 2. The van der Waals surface area contributed by atoms with Crippen LogP contribution in [0.4, 0.5) is 11.8 Å². The Bertz CT molecular complexity index is 655. The average molecular weight is 292 g/mol. The second-order valence-electron chi connectivity index (χ2n) is 4.75. The summed E-state index contributed by atoms with van der Waals surface area (Å²) in [5, 5.41) is 6.98. The van der Waals surface area contributed by atoms with Crippen LogP contribution >= 0.6 is 11.3 Å². The number of hydrogen-bond acceptors (Lipinski definition) is 7. The van der Waals surface area contributed by atoms with Crippen molar-refractivity contribution in [1.29, 1.82) is 0 Å². The number of nitrogens with zero attached hydrogens (tertiary/aromatic N) is 2. The highest BCUT2D eigenvalue weighted by Gasteiger charge is 2.23. The number of anilines is 2. The van der Waals surface area contributed by atoms with Crippen molar-refractivity contribution in [3.63, 3.8) is 0 Å². The van der Waals surface area contributed by atoms with Gasteiger partial charge in [-0.1, -0.05) is 0 Å². The molecule has 1 fully saturated rings. The fraction of sp³-hybridized carbons (Fsp3) is 0.417. The van der Waals surface area contributed by atoms with Gasteiger partial charge in [0.1, 0.15) is 16.7 Å². The standard InChI is InChI=1S/C12H16N6OS/c1-6-5-7-9(15-8-3-2-4-14-10(8)19)16-12(18-13)17-11(7)20-6/h5,8H,2-4,13H2,1H3,(H,14,19)(H2,15,16,17,18). The second-order valence-corrected chi connectivity index (χ2v) is 5.98. The molecular formula is C12H16N6OS. The average Bonchev–Trinajstić information content (AvgIpc) is 2.81. The molecule has 0 radical (unpaired) electrons. The van der Waals surface area contributed by atoms with Crippen molar-refractivity contribution in [1.82, 2.24) is 15.3 Å². The minimum Gasteiger partial charge on any atom is -0.358 e. The maximum Gasteiger partial charge on any atom is 0.242 e. The third-order valence-electron chi connectivity index (χ3n) is 3.24. The van der Waals surface area contributed by atoms with Gasteiger partial charge in [0.15, 0.2) is 0 Å². The van der Waals surface area contributed by atoms with E-state index in [9.17, 15) is 4.79 Å². The molecule has 1 aliphatic rings. The first-order valence-electron chi connectivity index (χ1n) is 6.46. The molecule has 1 amide bonds. The molecule has 1 saturated heterocycles. The highest BCUT2D eigenvalue weighted by Crippen LogP contribution is 2.30. The van der Waals surface area contributed by atoms with Gasteiger partial charge in [-0.2, -0.15) is 4.98 Å². The summed E-state index contributed by atoms with van der Waals surface area (Å²) in [6.07, 6.45) is 1.76. The number of carbonyl (C=O) groups is 1. The SMILES string of the molecule is Cc1cc2c(NC3CCCNC3=O)nc(NN)nc2s1. The molecule has 0 aliphatic carbocycles. The predicted octanol–water partition coefficient (Wildman–Crippen LogP) is 0.976. The predicted molar refractivity (Wildman–Crippen MR) is 79.6 cm³/mol. The first-order valence-corrected chi connectivity index (χ1v) is 7.28. The molecule has 2 aromatic rings. The normalized spacial score (nSPS) is 18.9. The zero-order valence-electron chi connectivity index (χ0n) is 11.1. The molecule has 0 spiro atoms. The molecule has 8 heteroatoms. The highest BCUT2D eigenvalue weighted by atomic mass is 32.1. The van der Waals surface area contributed by atoms with E-state index < -0.39 is 0 Å². The van der Waals surface area contributed by atoms with E-state index in [2.05, 4.69) is 26.0 Å². The zero-order valence-corrected chi connectivity index (χ0v) is 11.9. The monoisotopic (exact) mass is 292 g/mol. The van der Waals surface area contributed by atoms with Crippen molar-refractivity contribution >= 4 is 39.2 Å². The van der Waals surface area contributed by atoms with Crippen LogP contribution in [0.2, 0.25) is 0 Å². The van der Waals surface area contributed by atoms with Gasteiger partial charge in [0.2, 0.25) is 11.9 Å². The summed E-state index contributed by atoms with van der Waals surface area (Å²) in [6.45, 7) is 2.75. The Morgan fingerprint density at radius 3 is 3.10 bits per heavy atom. The molecule has 1 atom stereocenters. The molecule has 1 unspecified atom stereocenters. The van der Waals surface area contributed by atoms with Gasteiger partial charge in [-0.3, -0.25) is 10.2 Å². The summed E-state index contributed by atoms with van der Waals surface area (Å²) in [4.78, 5) is 22.5. The van der Waals surface area contributed by atoms with E-state index in [1.807, 2.05) is 13.0 Å². The molecule has 1 aliphatic heterocycles. The second kappa shape index (κ2) is 5.22. The van der Waals surface area contributed by atoms with Gasteiger partial charge in [-0.15, -0.1) is 11.3 Å². The number of hydrogen-bond donors (Lipinski definition) is 4. The van der Waals surface area contributed by atoms with Crippen LogP contribution in [0.15, 0.2) is 6.07 Å². The lowest BCUT2D eigenvalue weighted by Gasteiger charge is -2.23. The molecule has 2 aromatic heterocycles. The number of fused-ring (bicyclic) bond motifs is 1. The van der Waals surface area contributed by atoms with Crippen LogP contribution in [0.1, 0.15) is 17.7 Å². The topological polar surface area (TPSA) is 105 Å². The summed E-state index contributed by atoms with van der Waals surface area (Å²) in [6, 6.07) is 1.76. The van der Waals surface area contributed by atoms with E-state index in [0.29, 0.717) is 11.8 Å². The fourth-order valence-electron chi connectivity index (χ4n) is 2.29. The van der Waals surface area contributed by atoms with Crippen LogP contribution < -0.4 is 21.9 Å². The molecule has 3 rings (SSSR count). The molecule has 0 bridgehead atoms. The largest absolute Gasteiger partial charge is 0.358 e. The number of piperidine rings is 1. The Hall–Kier alpha value is -1.93. The molecule has 0 aromatic carbocycles. The third-order valence-corrected chi connectivity index (χ3v) is 4.19. The van der Waals surface area contributed by atoms with Crippen LogP contribution in [-0.2, 0) is 4.79 Å². The lowest BCUT2D eigenvalue weighted by atomic mass is 10.1. The zero-order chi connectivity index (χ0) is 14.1. The van der Waals surface area contributed by atoms with Crippen molar-refractivity contribution in [2.75, 3.05) is 17.3 Å². The highest BCUT2D eigenvalue weighted by molar-refractivity contribution is 7.18. The number of rotatable bonds is 3. The Morgan fingerprint density at radius 1 is 1.50 bits per heavy atom.